The summed E-state index contributed by atoms with van der Waals surface area (Å²) >= 11 is 0. The van der Waals surface area contributed by atoms with E-state index in [1.54, 1.807) is 32.9 Å². The zero-order valence-corrected chi connectivity index (χ0v) is 18.2. The van der Waals surface area contributed by atoms with Crippen molar-refractivity contribution in [3.63, 3.8) is 0 Å². The predicted molar refractivity (Wildman–Crippen MR) is 121 cm³/mol. The highest BCUT2D eigenvalue weighted by atomic mass is 16.5. The number of aromatic nitrogens is 3. The maximum absolute atomic E-state index is 13.0. The molecule has 3 aromatic rings. The van der Waals surface area contributed by atoms with E-state index >= 15 is 0 Å². The Labute approximate surface area is 191 Å². The van der Waals surface area contributed by atoms with Crippen molar-refractivity contribution in [2.75, 3.05) is 37.7 Å². The van der Waals surface area contributed by atoms with Crippen LogP contribution in [0.2, 0.25) is 0 Å². The van der Waals surface area contributed by atoms with Crippen molar-refractivity contribution in [3.05, 3.63) is 66.7 Å². The summed E-state index contributed by atoms with van der Waals surface area (Å²) in [5.41, 5.74) is 2.35. The Morgan fingerprint density at radius 3 is 2.55 bits per heavy atom. The van der Waals surface area contributed by atoms with E-state index in [0.717, 1.165) is 30.1 Å². The fourth-order valence-corrected chi connectivity index (χ4v) is 4.12. The fourth-order valence-electron chi connectivity index (χ4n) is 4.12. The van der Waals surface area contributed by atoms with E-state index in [0.29, 0.717) is 38.3 Å². The van der Waals surface area contributed by atoms with Crippen LogP contribution < -0.4 is 9.64 Å². The Kier molecular flexibility index (Phi) is 6.03. The first-order valence-electron chi connectivity index (χ1n) is 11.1. The molecule has 3 heterocycles. The highest BCUT2D eigenvalue weighted by molar-refractivity contribution is 5.97. The fraction of sp³-hybridized carbons (Fsp3) is 0.333. The molecule has 0 bridgehead atoms. The number of rotatable bonds is 6. The molecule has 0 saturated carbocycles. The minimum atomic E-state index is -0.209. The van der Waals surface area contributed by atoms with E-state index in [9.17, 15) is 9.59 Å². The van der Waals surface area contributed by atoms with E-state index < -0.39 is 0 Å². The SMILES string of the molecule is O=C(c1ccc(N2CCCC2=O)cc1)N1CCOC(COc2ccc(-n3cncn3)cc2)C1. The highest BCUT2D eigenvalue weighted by Crippen LogP contribution is 2.22. The lowest BCUT2D eigenvalue weighted by atomic mass is 10.1. The second-order valence-corrected chi connectivity index (χ2v) is 8.08. The number of morpholine rings is 1. The molecule has 5 rings (SSSR count). The van der Waals surface area contributed by atoms with Gasteiger partial charge in [-0.05, 0) is 55.0 Å². The van der Waals surface area contributed by atoms with E-state index in [1.807, 2.05) is 36.4 Å². The third kappa shape index (κ3) is 4.73. The predicted octanol–water partition coefficient (Wildman–Crippen LogP) is 2.31. The maximum Gasteiger partial charge on any atom is 0.254 e. The smallest absolute Gasteiger partial charge is 0.254 e. The summed E-state index contributed by atoms with van der Waals surface area (Å²) in [4.78, 5) is 32.4. The van der Waals surface area contributed by atoms with Crippen LogP contribution in [0.25, 0.3) is 5.69 Å². The summed E-state index contributed by atoms with van der Waals surface area (Å²) in [6, 6.07) is 14.8. The molecule has 2 aliphatic heterocycles. The molecule has 2 aromatic carbocycles. The van der Waals surface area contributed by atoms with Gasteiger partial charge in [0.2, 0.25) is 5.91 Å². The first-order valence-corrected chi connectivity index (χ1v) is 11.1. The summed E-state index contributed by atoms with van der Waals surface area (Å²) < 4.78 is 13.4. The number of ether oxygens (including phenoxy) is 2. The molecule has 0 N–H and O–H groups in total. The zero-order chi connectivity index (χ0) is 22.6. The van der Waals surface area contributed by atoms with Gasteiger partial charge >= 0.3 is 0 Å². The van der Waals surface area contributed by atoms with Gasteiger partial charge in [-0.1, -0.05) is 0 Å². The summed E-state index contributed by atoms with van der Waals surface area (Å²) in [5, 5.41) is 4.10. The van der Waals surface area contributed by atoms with Crippen LogP contribution in [0, 0.1) is 0 Å². The molecule has 2 amide bonds. The number of carbonyl (C=O) groups is 2. The molecular weight excluding hydrogens is 422 g/mol. The first-order chi connectivity index (χ1) is 16.2. The Bertz CT molecular complexity index is 1100. The third-order valence-corrected chi connectivity index (χ3v) is 5.88. The van der Waals surface area contributed by atoms with E-state index in [2.05, 4.69) is 10.1 Å². The number of hydrogen-bond donors (Lipinski definition) is 0. The molecule has 1 aromatic heterocycles. The van der Waals surface area contributed by atoms with Gasteiger partial charge in [0.05, 0.1) is 18.8 Å². The van der Waals surface area contributed by atoms with Gasteiger partial charge in [-0.25, -0.2) is 9.67 Å². The topological polar surface area (TPSA) is 89.8 Å². The number of nitrogens with zero attached hydrogens (tertiary/aromatic N) is 5. The minimum Gasteiger partial charge on any atom is -0.491 e. The molecule has 0 radical (unpaired) electrons. The average molecular weight is 447 g/mol. The Morgan fingerprint density at radius 2 is 1.85 bits per heavy atom. The van der Waals surface area contributed by atoms with E-state index in [4.69, 9.17) is 9.47 Å². The summed E-state index contributed by atoms with van der Waals surface area (Å²) in [6.07, 6.45) is 4.38. The minimum absolute atomic E-state index is 0.0419. The van der Waals surface area contributed by atoms with Crippen molar-refractivity contribution >= 4 is 17.5 Å². The van der Waals surface area contributed by atoms with Gasteiger partial charge in [0, 0.05) is 30.8 Å². The van der Waals surface area contributed by atoms with Crippen molar-refractivity contribution in [2.24, 2.45) is 0 Å². The van der Waals surface area contributed by atoms with E-state index in [1.165, 1.54) is 6.33 Å². The molecule has 33 heavy (non-hydrogen) atoms. The molecule has 9 heteroatoms. The van der Waals surface area contributed by atoms with Gasteiger partial charge in [0.1, 0.15) is 31.1 Å². The van der Waals surface area contributed by atoms with Crippen molar-refractivity contribution < 1.29 is 19.1 Å². The van der Waals surface area contributed by atoms with Crippen molar-refractivity contribution in [3.8, 4) is 11.4 Å². The molecule has 170 valence electrons. The van der Waals surface area contributed by atoms with Crippen LogP contribution >= 0.6 is 0 Å². The van der Waals surface area contributed by atoms with Gasteiger partial charge in [-0.2, -0.15) is 5.10 Å². The number of benzene rings is 2. The van der Waals surface area contributed by atoms with Gasteiger partial charge in [0.15, 0.2) is 0 Å². The number of carbonyl (C=O) groups excluding carboxylic acids is 2. The molecule has 0 spiro atoms. The molecular formula is C24H25N5O4. The number of hydrogen-bond acceptors (Lipinski definition) is 6. The molecule has 1 unspecified atom stereocenters. The largest absolute Gasteiger partial charge is 0.491 e. The number of anilines is 1. The van der Waals surface area contributed by atoms with Crippen LogP contribution in [0.15, 0.2) is 61.2 Å². The Balaban J connectivity index is 1.16. The second kappa shape index (κ2) is 9.41. The van der Waals surface area contributed by atoms with Gasteiger partial charge in [-0.3, -0.25) is 9.59 Å². The van der Waals surface area contributed by atoms with Crippen molar-refractivity contribution in [2.45, 2.75) is 18.9 Å². The highest BCUT2D eigenvalue weighted by Gasteiger charge is 2.26. The van der Waals surface area contributed by atoms with Crippen LogP contribution in [0.3, 0.4) is 0 Å². The summed E-state index contributed by atoms with van der Waals surface area (Å²) in [7, 11) is 0. The monoisotopic (exact) mass is 447 g/mol. The average Bonchev–Trinajstić information content (AvgIpc) is 3.55. The van der Waals surface area contributed by atoms with Crippen LogP contribution in [0.5, 0.6) is 5.75 Å². The molecule has 2 fully saturated rings. The molecule has 2 saturated heterocycles. The van der Waals surface area contributed by atoms with Crippen LogP contribution in [0.4, 0.5) is 5.69 Å². The maximum atomic E-state index is 13.0. The second-order valence-electron chi connectivity index (χ2n) is 8.08. The normalized spacial score (nSPS) is 18.5. The summed E-state index contributed by atoms with van der Waals surface area (Å²) in [5.74, 6) is 0.816. The number of amides is 2. The first kappa shape index (κ1) is 21.1. The van der Waals surface area contributed by atoms with Gasteiger partial charge in [0.25, 0.3) is 5.91 Å². The lowest BCUT2D eigenvalue weighted by Crippen LogP contribution is -2.47. The molecule has 1 atom stereocenters. The van der Waals surface area contributed by atoms with Crippen molar-refractivity contribution in [1.29, 1.82) is 0 Å². The molecule has 0 aliphatic carbocycles. The van der Waals surface area contributed by atoms with Gasteiger partial charge in [-0.15, -0.1) is 0 Å². The molecule has 9 nitrogen and oxygen atoms in total. The van der Waals surface area contributed by atoms with Crippen molar-refractivity contribution in [1.82, 2.24) is 19.7 Å². The quantitative estimate of drug-likeness (QED) is 0.576. The van der Waals surface area contributed by atoms with Gasteiger partial charge < -0.3 is 19.3 Å². The third-order valence-electron chi connectivity index (χ3n) is 5.88. The molecule has 2 aliphatic rings. The lowest BCUT2D eigenvalue weighted by molar-refractivity contribution is -0.117. The standard InChI is InChI=1S/C24H25N5O4/c30-23-2-1-11-28(23)19-5-3-18(4-6-19)24(31)27-12-13-32-22(14-27)15-33-21-9-7-20(8-10-21)29-17-25-16-26-29/h3-10,16-17,22H,1-2,11-15H2. The lowest BCUT2D eigenvalue weighted by Gasteiger charge is -2.33. The van der Waals surface area contributed by atoms with E-state index in [-0.39, 0.29) is 17.9 Å². The zero-order valence-electron chi connectivity index (χ0n) is 18.2. The van der Waals surface area contributed by atoms with Crippen LogP contribution in [-0.2, 0) is 9.53 Å². The van der Waals surface area contributed by atoms with Crippen LogP contribution in [0.1, 0.15) is 23.2 Å². The van der Waals surface area contributed by atoms with Crippen LogP contribution in [-0.4, -0.2) is 70.4 Å². The Hall–Kier alpha value is -3.72. The Morgan fingerprint density at radius 1 is 1.06 bits per heavy atom. The summed E-state index contributed by atoms with van der Waals surface area (Å²) in [6.45, 7) is 2.55.